The summed E-state index contributed by atoms with van der Waals surface area (Å²) in [5.74, 6) is -0.381. The number of benzene rings is 1. The normalized spacial score (nSPS) is 14.3. The topological polar surface area (TPSA) is 26.3 Å². The second-order valence-electron chi connectivity index (χ2n) is 4.33. The van der Waals surface area contributed by atoms with Crippen LogP contribution < -0.4 is 0 Å². The number of ketones is 1. The summed E-state index contributed by atoms with van der Waals surface area (Å²) in [5, 5.41) is 0. The molecular weight excluding hydrogens is 299 g/mol. The third-order valence-corrected chi connectivity index (χ3v) is 4.00. The smallest absolute Gasteiger partial charge is 0.168 e. The average molecular weight is 317 g/mol. The van der Waals surface area contributed by atoms with E-state index in [1.807, 2.05) is 13.8 Å². The summed E-state index contributed by atoms with van der Waals surface area (Å²) in [6.07, 6.45) is 0.773. The molecule has 100 valence electrons. The van der Waals surface area contributed by atoms with E-state index in [0.717, 1.165) is 0 Å². The van der Waals surface area contributed by atoms with Crippen molar-refractivity contribution in [3.63, 3.8) is 0 Å². The van der Waals surface area contributed by atoms with Crippen LogP contribution in [0.15, 0.2) is 22.7 Å². The lowest BCUT2D eigenvalue weighted by atomic mass is 9.92. The Kier molecular flexibility index (Phi) is 5.47. The van der Waals surface area contributed by atoms with Gasteiger partial charge in [-0.3, -0.25) is 4.79 Å². The molecule has 2 nitrogen and oxygen atoms in total. The minimum atomic E-state index is -0.791. The maximum atomic E-state index is 13.4. The molecule has 0 aromatic heterocycles. The van der Waals surface area contributed by atoms with Gasteiger partial charge >= 0.3 is 0 Å². The third-order valence-electron chi connectivity index (χ3n) is 3.11. The van der Waals surface area contributed by atoms with Gasteiger partial charge in [0.05, 0.1) is 4.47 Å². The molecule has 18 heavy (non-hydrogen) atoms. The molecule has 0 N–H and O–H groups in total. The van der Waals surface area contributed by atoms with Crippen molar-refractivity contribution in [1.82, 2.24) is 0 Å². The summed E-state index contributed by atoms with van der Waals surface area (Å²) in [6.45, 7) is 6.04. The SMILES string of the molecule is CCOC(C)(CC)C(=O)Cc1cccc(F)c1Br. The van der Waals surface area contributed by atoms with E-state index in [9.17, 15) is 9.18 Å². The van der Waals surface area contributed by atoms with Crippen molar-refractivity contribution in [2.24, 2.45) is 0 Å². The summed E-state index contributed by atoms with van der Waals surface area (Å²) in [4.78, 5) is 12.3. The van der Waals surface area contributed by atoms with Gasteiger partial charge in [-0.05, 0) is 47.8 Å². The summed E-state index contributed by atoms with van der Waals surface area (Å²) >= 11 is 3.17. The molecule has 0 bridgehead atoms. The van der Waals surface area contributed by atoms with E-state index in [2.05, 4.69) is 15.9 Å². The standard InChI is InChI=1S/C14H18BrFO2/c1-4-14(3,18-5-2)12(17)9-10-7-6-8-11(16)13(10)15/h6-8H,4-5,9H2,1-3H3. The van der Waals surface area contributed by atoms with E-state index in [1.165, 1.54) is 6.07 Å². The van der Waals surface area contributed by atoms with Gasteiger partial charge in [0.15, 0.2) is 5.78 Å². The number of carbonyl (C=O) groups excluding carboxylic acids is 1. The molecule has 0 amide bonds. The maximum Gasteiger partial charge on any atom is 0.168 e. The summed E-state index contributed by atoms with van der Waals surface area (Å²) in [6, 6.07) is 4.71. The number of halogens is 2. The Bertz CT molecular complexity index is 434. The third kappa shape index (κ3) is 3.39. The molecule has 0 aliphatic heterocycles. The quantitative estimate of drug-likeness (QED) is 0.795. The zero-order chi connectivity index (χ0) is 13.8. The first-order valence-electron chi connectivity index (χ1n) is 6.04. The minimum absolute atomic E-state index is 0.0295. The summed E-state index contributed by atoms with van der Waals surface area (Å²) < 4.78 is 19.2. The Labute approximate surface area is 116 Å². The highest BCUT2D eigenvalue weighted by molar-refractivity contribution is 9.10. The minimum Gasteiger partial charge on any atom is -0.368 e. The van der Waals surface area contributed by atoms with E-state index >= 15 is 0 Å². The highest BCUT2D eigenvalue weighted by Crippen LogP contribution is 2.24. The molecule has 1 atom stereocenters. The lowest BCUT2D eigenvalue weighted by Crippen LogP contribution is -2.39. The van der Waals surface area contributed by atoms with Crippen LogP contribution in [-0.2, 0) is 16.0 Å². The van der Waals surface area contributed by atoms with E-state index < -0.39 is 5.60 Å². The van der Waals surface area contributed by atoms with Crippen molar-refractivity contribution < 1.29 is 13.9 Å². The zero-order valence-electron chi connectivity index (χ0n) is 10.9. The van der Waals surface area contributed by atoms with Crippen molar-refractivity contribution in [2.75, 3.05) is 6.61 Å². The van der Waals surface area contributed by atoms with Crippen LogP contribution in [-0.4, -0.2) is 18.0 Å². The lowest BCUT2D eigenvalue weighted by molar-refractivity contribution is -0.141. The van der Waals surface area contributed by atoms with Crippen LogP contribution in [0.4, 0.5) is 4.39 Å². The molecule has 0 heterocycles. The fourth-order valence-electron chi connectivity index (χ4n) is 1.74. The van der Waals surface area contributed by atoms with Crippen molar-refractivity contribution in [2.45, 2.75) is 39.2 Å². The van der Waals surface area contributed by atoms with Crippen LogP contribution in [0.3, 0.4) is 0 Å². The molecule has 0 aliphatic rings. The predicted octanol–water partition coefficient (Wildman–Crippen LogP) is 3.91. The molecule has 4 heteroatoms. The van der Waals surface area contributed by atoms with Crippen LogP contribution in [0.5, 0.6) is 0 Å². The monoisotopic (exact) mass is 316 g/mol. The first kappa shape index (κ1) is 15.3. The number of ether oxygens (including phenoxy) is 1. The second kappa shape index (κ2) is 6.43. The van der Waals surface area contributed by atoms with Crippen molar-refractivity contribution in [1.29, 1.82) is 0 Å². The van der Waals surface area contributed by atoms with Crippen LogP contribution in [0, 0.1) is 5.82 Å². The van der Waals surface area contributed by atoms with E-state index in [4.69, 9.17) is 4.74 Å². The molecule has 1 aromatic rings. The van der Waals surface area contributed by atoms with Crippen molar-refractivity contribution >= 4 is 21.7 Å². The van der Waals surface area contributed by atoms with E-state index in [1.54, 1.807) is 19.1 Å². The highest BCUT2D eigenvalue weighted by atomic mass is 79.9. The van der Waals surface area contributed by atoms with Gasteiger partial charge < -0.3 is 4.74 Å². The molecule has 1 aromatic carbocycles. The Hall–Kier alpha value is -0.740. The first-order chi connectivity index (χ1) is 8.44. The summed E-state index contributed by atoms with van der Waals surface area (Å²) in [7, 11) is 0. The maximum absolute atomic E-state index is 13.4. The Morgan fingerprint density at radius 1 is 1.44 bits per heavy atom. The molecule has 0 spiro atoms. The fraction of sp³-hybridized carbons (Fsp3) is 0.500. The van der Waals surface area contributed by atoms with E-state index in [0.29, 0.717) is 23.1 Å². The lowest BCUT2D eigenvalue weighted by Gasteiger charge is -2.26. The van der Waals surface area contributed by atoms with Crippen LogP contribution in [0.1, 0.15) is 32.8 Å². The van der Waals surface area contributed by atoms with Crippen molar-refractivity contribution in [3.8, 4) is 0 Å². The zero-order valence-corrected chi connectivity index (χ0v) is 12.5. The molecule has 1 unspecified atom stereocenters. The average Bonchev–Trinajstić information content (AvgIpc) is 2.35. The van der Waals surface area contributed by atoms with Gasteiger partial charge in [-0.1, -0.05) is 19.1 Å². The Morgan fingerprint density at radius 2 is 2.11 bits per heavy atom. The molecule has 1 rings (SSSR count). The van der Waals surface area contributed by atoms with Crippen LogP contribution in [0.25, 0.3) is 0 Å². The molecule has 0 saturated carbocycles. The number of hydrogen-bond acceptors (Lipinski definition) is 2. The largest absolute Gasteiger partial charge is 0.368 e. The van der Waals surface area contributed by atoms with Crippen LogP contribution >= 0.6 is 15.9 Å². The molecular formula is C14H18BrFO2. The van der Waals surface area contributed by atoms with Gasteiger partial charge in [0.1, 0.15) is 11.4 Å². The van der Waals surface area contributed by atoms with Gasteiger partial charge in [0, 0.05) is 13.0 Å². The van der Waals surface area contributed by atoms with Gasteiger partial charge in [-0.25, -0.2) is 4.39 Å². The van der Waals surface area contributed by atoms with Gasteiger partial charge in [-0.2, -0.15) is 0 Å². The van der Waals surface area contributed by atoms with Crippen molar-refractivity contribution in [3.05, 3.63) is 34.1 Å². The van der Waals surface area contributed by atoms with Gasteiger partial charge in [0.25, 0.3) is 0 Å². The first-order valence-corrected chi connectivity index (χ1v) is 6.84. The molecule has 0 fully saturated rings. The van der Waals surface area contributed by atoms with Gasteiger partial charge in [0.2, 0.25) is 0 Å². The second-order valence-corrected chi connectivity index (χ2v) is 5.12. The number of hydrogen-bond donors (Lipinski definition) is 0. The predicted molar refractivity (Wildman–Crippen MR) is 73.1 cm³/mol. The number of Topliss-reactive ketones (excluding diaryl/α,β-unsaturated/α-hetero) is 1. The van der Waals surface area contributed by atoms with Gasteiger partial charge in [-0.15, -0.1) is 0 Å². The molecule has 0 aliphatic carbocycles. The van der Waals surface area contributed by atoms with E-state index in [-0.39, 0.29) is 18.0 Å². The fourth-order valence-corrected chi connectivity index (χ4v) is 2.15. The number of carbonyl (C=O) groups is 1. The molecule has 0 saturated heterocycles. The van der Waals surface area contributed by atoms with Crippen LogP contribution in [0.2, 0.25) is 0 Å². The highest BCUT2D eigenvalue weighted by Gasteiger charge is 2.31. The number of rotatable bonds is 6. The Balaban J connectivity index is 2.90. The molecule has 0 radical (unpaired) electrons. The summed E-state index contributed by atoms with van der Waals surface area (Å²) in [5.41, 5.74) is -0.139. The Morgan fingerprint density at radius 3 is 2.67 bits per heavy atom.